The third-order valence-corrected chi connectivity index (χ3v) is 2.86. The topological polar surface area (TPSA) is 73.6 Å². The monoisotopic (exact) mass is 282 g/mol. The summed E-state index contributed by atoms with van der Waals surface area (Å²) in [6, 6.07) is 0. The first-order valence-corrected chi connectivity index (χ1v) is 6.29. The van der Waals surface area contributed by atoms with Crippen LogP contribution in [0.4, 0.5) is 0 Å². The summed E-state index contributed by atoms with van der Waals surface area (Å²) in [5.41, 5.74) is 5.76. The maximum absolute atomic E-state index is 11.4. The Bertz CT molecular complexity index is 211. The fourth-order valence-corrected chi connectivity index (χ4v) is 1.25. The van der Waals surface area contributed by atoms with E-state index in [1.165, 1.54) is 0 Å². The Morgan fingerprint density at radius 2 is 1.72 bits per heavy atom. The minimum atomic E-state index is -0.305. The summed E-state index contributed by atoms with van der Waals surface area (Å²) in [5.74, 6) is -0.127. The third kappa shape index (κ3) is 9.65. The number of carbonyl (C=O) groups is 1. The van der Waals surface area contributed by atoms with Crippen LogP contribution in [0.1, 0.15) is 33.6 Å². The zero-order chi connectivity index (χ0) is 13.1. The van der Waals surface area contributed by atoms with Crippen molar-refractivity contribution in [1.29, 1.82) is 0 Å². The average Bonchev–Trinajstić information content (AvgIpc) is 2.35. The van der Waals surface area contributed by atoms with Gasteiger partial charge in [-0.25, -0.2) is 0 Å². The molecule has 18 heavy (non-hydrogen) atoms. The second kappa shape index (κ2) is 11.7. The van der Waals surface area contributed by atoms with Gasteiger partial charge in [0.15, 0.2) is 0 Å². The van der Waals surface area contributed by atoms with Gasteiger partial charge in [-0.05, 0) is 19.8 Å². The molecule has 0 atom stereocenters. The molecule has 0 aromatic rings. The summed E-state index contributed by atoms with van der Waals surface area (Å²) in [4.78, 5) is 11.4. The van der Waals surface area contributed by atoms with Gasteiger partial charge in [0.1, 0.15) is 6.61 Å². The maximum atomic E-state index is 11.4. The number of carbonyl (C=O) groups excluding carboxylic acids is 1. The van der Waals surface area contributed by atoms with Crippen molar-refractivity contribution in [3.8, 4) is 0 Å². The fourth-order valence-electron chi connectivity index (χ4n) is 1.25. The highest BCUT2D eigenvalue weighted by molar-refractivity contribution is 5.85. The molecule has 0 spiro atoms. The highest BCUT2D eigenvalue weighted by atomic mass is 35.5. The van der Waals surface area contributed by atoms with Crippen LogP contribution in [0, 0.1) is 0 Å². The first-order valence-electron chi connectivity index (χ1n) is 6.29. The van der Waals surface area contributed by atoms with E-state index in [0.29, 0.717) is 26.4 Å². The summed E-state index contributed by atoms with van der Waals surface area (Å²) in [7, 11) is 0. The Morgan fingerprint density at radius 3 is 2.22 bits per heavy atom. The minimum absolute atomic E-state index is 0. The molecule has 0 saturated heterocycles. The highest BCUT2D eigenvalue weighted by Gasteiger charge is 2.20. The summed E-state index contributed by atoms with van der Waals surface area (Å²) >= 11 is 0. The molecule has 3 N–H and O–H groups in total. The van der Waals surface area contributed by atoms with Gasteiger partial charge in [-0.15, -0.1) is 12.4 Å². The number of ether oxygens (including phenoxy) is 2. The molecule has 0 bridgehead atoms. The van der Waals surface area contributed by atoms with Crippen LogP contribution in [0.2, 0.25) is 0 Å². The van der Waals surface area contributed by atoms with Crippen molar-refractivity contribution < 1.29 is 14.3 Å². The molecule has 110 valence electrons. The van der Waals surface area contributed by atoms with Crippen molar-refractivity contribution in [2.45, 2.75) is 39.2 Å². The smallest absolute Gasteiger partial charge is 0.246 e. The number of nitrogens with two attached hydrogens (primary N) is 1. The van der Waals surface area contributed by atoms with Gasteiger partial charge in [0.2, 0.25) is 5.91 Å². The first-order chi connectivity index (χ1) is 8.08. The summed E-state index contributed by atoms with van der Waals surface area (Å²) in [6.07, 6.45) is 1.68. The quantitative estimate of drug-likeness (QED) is 0.589. The molecule has 0 aromatic carbocycles. The normalized spacial score (nSPS) is 10.9. The van der Waals surface area contributed by atoms with Gasteiger partial charge < -0.3 is 20.5 Å². The fraction of sp³-hybridized carbons (Fsp3) is 0.917. The van der Waals surface area contributed by atoms with Crippen molar-refractivity contribution >= 4 is 18.3 Å². The Kier molecular flexibility index (Phi) is 13.0. The molecule has 1 amide bonds. The standard InChI is InChI=1S/C12H26N2O3.ClH/c1-4-12(13,5-2)10-14-11(15)9-17-8-7-16-6-3;/h4-10,13H2,1-3H3,(H,14,15);1H. The van der Waals surface area contributed by atoms with E-state index >= 15 is 0 Å². The van der Waals surface area contributed by atoms with E-state index in [1.54, 1.807) is 0 Å². The molecule has 0 radical (unpaired) electrons. The van der Waals surface area contributed by atoms with Gasteiger partial charge in [-0.3, -0.25) is 4.79 Å². The van der Waals surface area contributed by atoms with Crippen LogP contribution in [0.15, 0.2) is 0 Å². The lowest BCUT2D eigenvalue weighted by Gasteiger charge is -2.26. The van der Waals surface area contributed by atoms with Gasteiger partial charge in [0.05, 0.1) is 13.2 Å². The largest absolute Gasteiger partial charge is 0.379 e. The molecular weight excluding hydrogens is 256 g/mol. The van der Waals surface area contributed by atoms with Gasteiger partial charge in [-0.1, -0.05) is 13.8 Å². The lowest BCUT2D eigenvalue weighted by Crippen LogP contribution is -2.49. The van der Waals surface area contributed by atoms with Crippen molar-refractivity contribution in [3.05, 3.63) is 0 Å². The average molecular weight is 283 g/mol. The number of rotatable bonds is 10. The first kappa shape index (κ1) is 20.0. The molecule has 0 rings (SSSR count). The zero-order valence-electron chi connectivity index (χ0n) is 11.7. The summed E-state index contributed by atoms with van der Waals surface area (Å²) in [5, 5.41) is 2.79. The number of nitrogens with one attached hydrogen (secondary N) is 1. The molecule has 0 fully saturated rings. The van der Waals surface area contributed by atoms with Crippen molar-refractivity contribution in [2.24, 2.45) is 5.73 Å². The van der Waals surface area contributed by atoms with Gasteiger partial charge in [-0.2, -0.15) is 0 Å². The predicted molar refractivity (Wildman–Crippen MR) is 75.1 cm³/mol. The van der Waals surface area contributed by atoms with E-state index in [0.717, 1.165) is 12.8 Å². The van der Waals surface area contributed by atoms with E-state index in [4.69, 9.17) is 15.2 Å². The minimum Gasteiger partial charge on any atom is -0.379 e. The molecule has 0 aliphatic heterocycles. The van der Waals surface area contributed by atoms with Crippen LogP contribution < -0.4 is 11.1 Å². The summed E-state index contributed by atoms with van der Waals surface area (Å²) < 4.78 is 10.2. The molecule has 0 aliphatic carbocycles. The molecular formula is C12H27ClN2O3. The maximum Gasteiger partial charge on any atom is 0.246 e. The number of halogens is 1. The number of hydrogen-bond acceptors (Lipinski definition) is 4. The van der Waals surface area contributed by atoms with Gasteiger partial charge in [0, 0.05) is 18.7 Å². The van der Waals surface area contributed by atoms with E-state index in [1.807, 2.05) is 20.8 Å². The Labute approximate surface area is 116 Å². The van der Waals surface area contributed by atoms with Crippen LogP contribution in [0.5, 0.6) is 0 Å². The Hall–Kier alpha value is -0.360. The van der Waals surface area contributed by atoms with E-state index < -0.39 is 0 Å². The SMILES string of the molecule is CCOCCOCC(=O)NCC(N)(CC)CC.Cl. The summed E-state index contributed by atoms with van der Waals surface area (Å²) in [6.45, 7) is 8.15. The van der Waals surface area contributed by atoms with E-state index in [2.05, 4.69) is 5.32 Å². The number of amides is 1. The predicted octanol–water partition coefficient (Wildman–Crippen LogP) is 1.09. The van der Waals surface area contributed by atoms with Crippen molar-refractivity contribution in [2.75, 3.05) is 33.0 Å². The van der Waals surface area contributed by atoms with Crippen LogP contribution >= 0.6 is 12.4 Å². The lowest BCUT2D eigenvalue weighted by molar-refractivity contribution is -0.126. The van der Waals surface area contributed by atoms with Crippen LogP contribution in [0.3, 0.4) is 0 Å². The second-order valence-electron chi connectivity index (χ2n) is 4.10. The molecule has 0 unspecified atom stereocenters. The Balaban J connectivity index is 0. The molecule has 0 aromatic heterocycles. The van der Waals surface area contributed by atoms with Crippen molar-refractivity contribution in [1.82, 2.24) is 5.32 Å². The van der Waals surface area contributed by atoms with Crippen LogP contribution in [0.25, 0.3) is 0 Å². The van der Waals surface area contributed by atoms with Crippen LogP contribution in [-0.4, -0.2) is 44.4 Å². The zero-order valence-corrected chi connectivity index (χ0v) is 12.5. The van der Waals surface area contributed by atoms with Crippen molar-refractivity contribution in [3.63, 3.8) is 0 Å². The molecule has 0 heterocycles. The van der Waals surface area contributed by atoms with Crippen LogP contribution in [-0.2, 0) is 14.3 Å². The number of hydrogen-bond donors (Lipinski definition) is 2. The van der Waals surface area contributed by atoms with E-state index in [-0.39, 0.29) is 30.5 Å². The lowest BCUT2D eigenvalue weighted by atomic mass is 9.94. The third-order valence-electron chi connectivity index (χ3n) is 2.86. The highest BCUT2D eigenvalue weighted by Crippen LogP contribution is 2.08. The van der Waals surface area contributed by atoms with Gasteiger partial charge in [0.25, 0.3) is 0 Å². The molecule has 0 aliphatic rings. The molecule has 6 heteroatoms. The van der Waals surface area contributed by atoms with Gasteiger partial charge >= 0.3 is 0 Å². The Morgan fingerprint density at radius 1 is 1.17 bits per heavy atom. The molecule has 0 saturated carbocycles. The second-order valence-corrected chi connectivity index (χ2v) is 4.10. The van der Waals surface area contributed by atoms with E-state index in [9.17, 15) is 4.79 Å². The molecule has 5 nitrogen and oxygen atoms in total.